The summed E-state index contributed by atoms with van der Waals surface area (Å²) in [6.45, 7) is 2.45. The number of alkyl halides is 3. The SMILES string of the molecule is CCc1nn(C)cc1CNc1ccccc1SC(F)(F)F. The molecule has 0 spiro atoms. The van der Waals surface area contributed by atoms with Gasteiger partial charge in [0.05, 0.1) is 5.69 Å². The number of nitrogens with zero attached hydrogens (tertiary/aromatic N) is 2. The highest BCUT2D eigenvalue weighted by atomic mass is 32.2. The molecule has 2 aromatic rings. The molecule has 1 N–H and O–H groups in total. The second-order valence-corrected chi connectivity index (χ2v) is 5.63. The van der Waals surface area contributed by atoms with E-state index in [1.54, 1.807) is 22.9 Å². The van der Waals surface area contributed by atoms with Crippen molar-refractivity contribution in [3.05, 3.63) is 41.7 Å². The van der Waals surface area contributed by atoms with Crippen molar-refractivity contribution in [3.63, 3.8) is 0 Å². The summed E-state index contributed by atoms with van der Waals surface area (Å²) in [5.74, 6) is 0. The van der Waals surface area contributed by atoms with Crippen LogP contribution in [0.3, 0.4) is 0 Å². The van der Waals surface area contributed by atoms with Gasteiger partial charge in [0.1, 0.15) is 0 Å². The number of hydrogen-bond donors (Lipinski definition) is 1. The first-order valence-electron chi connectivity index (χ1n) is 6.49. The van der Waals surface area contributed by atoms with Gasteiger partial charge in [-0.05, 0) is 30.3 Å². The number of benzene rings is 1. The van der Waals surface area contributed by atoms with Crippen LogP contribution in [-0.2, 0) is 20.0 Å². The fourth-order valence-electron chi connectivity index (χ4n) is 2.05. The molecular formula is C14H16F3N3S. The van der Waals surface area contributed by atoms with E-state index in [0.717, 1.165) is 17.7 Å². The summed E-state index contributed by atoms with van der Waals surface area (Å²) >= 11 is -0.106. The van der Waals surface area contributed by atoms with Gasteiger partial charge in [-0.3, -0.25) is 4.68 Å². The molecule has 0 aliphatic rings. The van der Waals surface area contributed by atoms with Crippen molar-refractivity contribution in [1.82, 2.24) is 9.78 Å². The Bertz CT molecular complexity index is 608. The average molecular weight is 315 g/mol. The van der Waals surface area contributed by atoms with Crippen LogP contribution < -0.4 is 5.32 Å². The van der Waals surface area contributed by atoms with Gasteiger partial charge in [-0.1, -0.05) is 19.1 Å². The highest BCUT2D eigenvalue weighted by molar-refractivity contribution is 8.00. The van der Waals surface area contributed by atoms with Gasteiger partial charge in [-0.2, -0.15) is 18.3 Å². The Labute approximate surface area is 125 Å². The number of halogens is 3. The number of thioether (sulfide) groups is 1. The van der Waals surface area contributed by atoms with Crippen LogP contribution in [0.2, 0.25) is 0 Å². The van der Waals surface area contributed by atoms with Crippen LogP contribution in [-0.4, -0.2) is 15.3 Å². The van der Waals surface area contributed by atoms with Gasteiger partial charge in [0.25, 0.3) is 0 Å². The number of rotatable bonds is 5. The Morgan fingerprint density at radius 3 is 2.67 bits per heavy atom. The maximum Gasteiger partial charge on any atom is 0.446 e. The smallest absolute Gasteiger partial charge is 0.380 e. The fourth-order valence-corrected chi connectivity index (χ4v) is 2.69. The van der Waals surface area contributed by atoms with E-state index in [9.17, 15) is 13.2 Å². The molecule has 7 heteroatoms. The van der Waals surface area contributed by atoms with E-state index < -0.39 is 5.51 Å². The van der Waals surface area contributed by atoms with Crippen molar-refractivity contribution >= 4 is 17.4 Å². The Morgan fingerprint density at radius 1 is 1.29 bits per heavy atom. The van der Waals surface area contributed by atoms with Crippen LogP contribution in [0, 0.1) is 0 Å². The second-order valence-electron chi connectivity index (χ2n) is 4.53. The molecule has 0 unspecified atom stereocenters. The van der Waals surface area contributed by atoms with Crippen LogP contribution in [0.25, 0.3) is 0 Å². The predicted octanol–water partition coefficient (Wildman–Crippen LogP) is 4.21. The second kappa shape index (κ2) is 6.43. The van der Waals surface area contributed by atoms with Gasteiger partial charge < -0.3 is 5.32 Å². The molecule has 0 amide bonds. The van der Waals surface area contributed by atoms with Crippen molar-refractivity contribution in [2.24, 2.45) is 7.05 Å². The molecule has 0 saturated heterocycles. The third-order valence-electron chi connectivity index (χ3n) is 2.91. The molecule has 2 rings (SSSR count). The van der Waals surface area contributed by atoms with Crippen LogP contribution in [0.1, 0.15) is 18.2 Å². The zero-order chi connectivity index (χ0) is 15.5. The van der Waals surface area contributed by atoms with Gasteiger partial charge in [-0.15, -0.1) is 0 Å². The van der Waals surface area contributed by atoms with E-state index in [4.69, 9.17) is 0 Å². The molecule has 1 aromatic carbocycles. The minimum atomic E-state index is -4.29. The molecule has 1 aromatic heterocycles. The summed E-state index contributed by atoms with van der Waals surface area (Å²) in [6, 6.07) is 6.42. The standard InChI is InChI=1S/C14H16F3N3S/c1-3-11-10(9-20(2)19-11)8-18-12-6-4-5-7-13(12)21-14(15,16)17/h4-7,9,18H,3,8H2,1-2H3. The Balaban J connectivity index is 2.13. The third-order valence-corrected chi connectivity index (χ3v) is 3.72. The van der Waals surface area contributed by atoms with E-state index >= 15 is 0 Å². The predicted molar refractivity (Wildman–Crippen MR) is 78.3 cm³/mol. The quantitative estimate of drug-likeness (QED) is 0.838. The number of aromatic nitrogens is 2. The summed E-state index contributed by atoms with van der Waals surface area (Å²) in [4.78, 5) is 0.173. The third kappa shape index (κ3) is 4.42. The highest BCUT2D eigenvalue weighted by Gasteiger charge is 2.30. The molecule has 0 radical (unpaired) electrons. The van der Waals surface area contributed by atoms with Crippen molar-refractivity contribution in [3.8, 4) is 0 Å². The van der Waals surface area contributed by atoms with Crippen molar-refractivity contribution in [2.75, 3.05) is 5.32 Å². The number of aryl methyl sites for hydroxylation is 2. The van der Waals surface area contributed by atoms with Gasteiger partial charge in [-0.25, -0.2) is 0 Å². The number of para-hydroxylation sites is 1. The molecule has 0 aliphatic carbocycles. The molecule has 1 heterocycles. The van der Waals surface area contributed by atoms with Crippen molar-refractivity contribution < 1.29 is 13.2 Å². The average Bonchev–Trinajstić information content (AvgIpc) is 2.76. The van der Waals surface area contributed by atoms with Gasteiger partial charge in [0, 0.05) is 35.9 Å². The maximum atomic E-state index is 12.5. The normalized spacial score (nSPS) is 11.7. The fraction of sp³-hybridized carbons (Fsp3) is 0.357. The zero-order valence-corrected chi connectivity index (χ0v) is 12.6. The largest absolute Gasteiger partial charge is 0.446 e. The van der Waals surface area contributed by atoms with Crippen molar-refractivity contribution in [1.29, 1.82) is 0 Å². The molecule has 0 atom stereocenters. The molecular weight excluding hydrogens is 299 g/mol. The molecule has 21 heavy (non-hydrogen) atoms. The lowest BCUT2D eigenvalue weighted by Crippen LogP contribution is -2.05. The minimum absolute atomic E-state index is 0.106. The Hall–Kier alpha value is -1.63. The molecule has 0 saturated carbocycles. The van der Waals surface area contributed by atoms with E-state index in [1.165, 1.54) is 6.07 Å². The monoisotopic (exact) mass is 315 g/mol. The van der Waals surface area contributed by atoms with Crippen LogP contribution in [0.4, 0.5) is 18.9 Å². The van der Waals surface area contributed by atoms with Gasteiger partial charge in [0.15, 0.2) is 0 Å². The van der Waals surface area contributed by atoms with E-state index in [2.05, 4.69) is 10.4 Å². The van der Waals surface area contributed by atoms with E-state index in [1.807, 2.05) is 20.2 Å². The first-order valence-corrected chi connectivity index (χ1v) is 7.30. The van der Waals surface area contributed by atoms with Gasteiger partial charge in [0.2, 0.25) is 0 Å². The van der Waals surface area contributed by atoms with E-state index in [0.29, 0.717) is 12.2 Å². The molecule has 0 bridgehead atoms. The molecule has 0 aliphatic heterocycles. The lowest BCUT2D eigenvalue weighted by atomic mass is 10.2. The topological polar surface area (TPSA) is 29.9 Å². The van der Waals surface area contributed by atoms with E-state index in [-0.39, 0.29) is 16.7 Å². The maximum absolute atomic E-state index is 12.5. The summed E-state index contributed by atoms with van der Waals surface area (Å²) in [7, 11) is 1.83. The lowest BCUT2D eigenvalue weighted by Gasteiger charge is -2.12. The van der Waals surface area contributed by atoms with Crippen LogP contribution in [0.15, 0.2) is 35.4 Å². The number of nitrogens with one attached hydrogen (secondary N) is 1. The first kappa shape index (κ1) is 15.8. The minimum Gasteiger partial charge on any atom is -0.380 e. The molecule has 114 valence electrons. The number of hydrogen-bond acceptors (Lipinski definition) is 3. The molecule has 3 nitrogen and oxygen atoms in total. The summed E-state index contributed by atoms with van der Waals surface area (Å²) < 4.78 is 39.3. The summed E-state index contributed by atoms with van der Waals surface area (Å²) in [6.07, 6.45) is 2.67. The van der Waals surface area contributed by atoms with Crippen molar-refractivity contribution in [2.45, 2.75) is 30.3 Å². The molecule has 0 fully saturated rings. The number of anilines is 1. The van der Waals surface area contributed by atoms with Crippen LogP contribution in [0.5, 0.6) is 0 Å². The summed E-state index contributed by atoms with van der Waals surface area (Å²) in [5, 5.41) is 7.38. The van der Waals surface area contributed by atoms with Crippen LogP contribution >= 0.6 is 11.8 Å². The van der Waals surface area contributed by atoms with Gasteiger partial charge >= 0.3 is 5.51 Å². The zero-order valence-electron chi connectivity index (χ0n) is 11.7. The lowest BCUT2D eigenvalue weighted by molar-refractivity contribution is -0.0327. The Kier molecular flexibility index (Phi) is 4.82. The first-order chi connectivity index (χ1) is 9.89. The highest BCUT2D eigenvalue weighted by Crippen LogP contribution is 2.40. The summed E-state index contributed by atoms with van der Waals surface area (Å²) in [5.41, 5.74) is -1.87. The Morgan fingerprint density at radius 2 is 2.00 bits per heavy atom.